The molecular weight excluding hydrogens is 458 g/mol. The van der Waals surface area contributed by atoms with Gasteiger partial charge in [0.2, 0.25) is 5.91 Å². The Bertz CT molecular complexity index is 1100. The summed E-state index contributed by atoms with van der Waals surface area (Å²) in [6.07, 6.45) is 2.18. The van der Waals surface area contributed by atoms with Crippen molar-refractivity contribution in [2.75, 3.05) is 12.4 Å². The summed E-state index contributed by atoms with van der Waals surface area (Å²) in [6, 6.07) is 9.21. The van der Waals surface area contributed by atoms with Crippen LogP contribution < -0.4 is 10.6 Å². The highest BCUT2D eigenvalue weighted by Crippen LogP contribution is 2.51. The number of carbonyl (C=O) groups excluding carboxylic acids is 4. The number of ether oxygens (including phenoxy) is 1. The van der Waals surface area contributed by atoms with E-state index in [1.165, 1.54) is 20.2 Å². The number of hydrogen-bond acceptors (Lipinski definition) is 6. The van der Waals surface area contributed by atoms with Crippen LogP contribution in [0.15, 0.2) is 42.6 Å². The standard InChI is InChI=1S/C25H28ClN3O5/c1-14(30)18-13-19(25(18,2)3)23(32)29-20(24(33)34-4)12-15-7-9-16(10-8-15)28-22(31)17-6-5-11-27-21(17)26/h5-11,18-20H,12-13H2,1-4H3,(H,28,31)(H,29,32)/t18-,19+,20?/m0/s1. The summed E-state index contributed by atoms with van der Waals surface area (Å²) in [7, 11) is 1.27. The molecule has 0 saturated heterocycles. The van der Waals surface area contributed by atoms with Crippen LogP contribution in [-0.2, 0) is 25.5 Å². The highest BCUT2D eigenvalue weighted by Gasteiger charge is 2.53. The average molecular weight is 486 g/mol. The Kier molecular flexibility index (Phi) is 7.71. The minimum absolute atomic E-state index is 0.0662. The van der Waals surface area contributed by atoms with E-state index in [2.05, 4.69) is 15.6 Å². The number of nitrogens with zero attached hydrogens (tertiary/aromatic N) is 1. The van der Waals surface area contributed by atoms with Crippen molar-refractivity contribution in [2.24, 2.45) is 17.3 Å². The summed E-state index contributed by atoms with van der Waals surface area (Å²) in [5.74, 6) is -1.67. The molecule has 180 valence electrons. The normalized spacial score (nSPS) is 19.3. The van der Waals surface area contributed by atoms with Gasteiger partial charge in [0, 0.05) is 30.1 Å². The monoisotopic (exact) mass is 485 g/mol. The summed E-state index contributed by atoms with van der Waals surface area (Å²) >= 11 is 5.96. The van der Waals surface area contributed by atoms with E-state index in [1.54, 1.807) is 36.4 Å². The Balaban J connectivity index is 1.65. The first-order valence-corrected chi connectivity index (χ1v) is 11.3. The van der Waals surface area contributed by atoms with Crippen LogP contribution in [0.1, 0.15) is 43.1 Å². The zero-order chi connectivity index (χ0) is 25.0. The zero-order valence-corrected chi connectivity index (χ0v) is 20.3. The number of hydrogen-bond donors (Lipinski definition) is 2. The molecule has 1 unspecified atom stereocenters. The maximum absolute atomic E-state index is 12.9. The molecule has 1 aromatic carbocycles. The van der Waals surface area contributed by atoms with Crippen LogP contribution in [0.3, 0.4) is 0 Å². The number of benzene rings is 1. The summed E-state index contributed by atoms with van der Waals surface area (Å²) in [5, 5.41) is 5.65. The molecule has 1 fully saturated rings. The lowest BCUT2D eigenvalue weighted by Gasteiger charge is -2.50. The zero-order valence-electron chi connectivity index (χ0n) is 19.6. The SMILES string of the molecule is COC(=O)C(Cc1ccc(NC(=O)c2cccnc2Cl)cc1)NC(=O)[C@H]1C[C@@H](C(C)=O)C1(C)C. The third kappa shape index (κ3) is 5.44. The molecule has 9 heteroatoms. The van der Waals surface area contributed by atoms with Crippen LogP contribution in [0.25, 0.3) is 0 Å². The van der Waals surface area contributed by atoms with Gasteiger partial charge in [-0.2, -0.15) is 0 Å². The van der Waals surface area contributed by atoms with Crippen molar-refractivity contribution >= 4 is 40.9 Å². The van der Waals surface area contributed by atoms with E-state index >= 15 is 0 Å². The van der Waals surface area contributed by atoms with Crippen molar-refractivity contribution in [1.82, 2.24) is 10.3 Å². The van der Waals surface area contributed by atoms with Gasteiger partial charge < -0.3 is 15.4 Å². The Morgan fingerprint density at radius 1 is 1.15 bits per heavy atom. The first-order chi connectivity index (χ1) is 16.0. The third-order valence-electron chi connectivity index (χ3n) is 6.53. The van der Waals surface area contributed by atoms with Crippen LogP contribution in [0.2, 0.25) is 5.15 Å². The van der Waals surface area contributed by atoms with Gasteiger partial charge in [0.05, 0.1) is 12.7 Å². The lowest BCUT2D eigenvalue weighted by Crippen LogP contribution is -2.57. The van der Waals surface area contributed by atoms with Gasteiger partial charge in [0.25, 0.3) is 5.91 Å². The van der Waals surface area contributed by atoms with E-state index in [0.29, 0.717) is 12.1 Å². The summed E-state index contributed by atoms with van der Waals surface area (Å²) < 4.78 is 4.88. The highest BCUT2D eigenvalue weighted by molar-refractivity contribution is 6.33. The van der Waals surface area contributed by atoms with E-state index in [4.69, 9.17) is 16.3 Å². The molecule has 1 saturated carbocycles. The van der Waals surface area contributed by atoms with Gasteiger partial charge in [-0.3, -0.25) is 14.4 Å². The van der Waals surface area contributed by atoms with Gasteiger partial charge >= 0.3 is 5.97 Å². The van der Waals surface area contributed by atoms with E-state index in [9.17, 15) is 19.2 Å². The van der Waals surface area contributed by atoms with Crippen LogP contribution in [0.5, 0.6) is 0 Å². The van der Waals surface area contributed by atoms with Gasteiger partial charge in [-0.15, -0.1) is 0 Å². The van der Waals surface area contributed by atoms with Crippen LogP contribution in [-0.4, -0.2) is 41.7 Å². The van der Waals surface area contributed by atoms with E-state index in [0.717, 1.165) is 5.56 Å². The Labute approximate surface area is 203 Å². The number of rotatable bonds is 8. The second kappa shape index (κ2) is 10.3. The van der Waals surface area contributed by atoms with Crippen molar-refractivity contribution in [2.45, 2.75) is 39.7 Å². The fourth-order valence-electron chi connectivity index (χ4n) is 4.38. The second-order valence-corrected chi connectivity index (χ2v) is 9.41. The predicted octanol–water partition coefficient (Wildman–Crippen LogP) is 3.44. The number of aromatic nitrogens is 1. The van der Waals surface area contributed by atoms with Gasteiger partial charge in [0.15, 0.2) is 0 Å². The van der Waals surface area contributed by atoms with Crippen molar-refractivity contribution in [1.29, 1.82) is 0 Å². The number of halogens is 1. The maximum Gasteiger partial charge on any atom is 0.328 e. The Hall–Kier alpha value is -3.26. The number of anilines is 1. The van der Waals surface area contributed by atoms with Crippen LogP contribution >= 0.6 is 11.6 Å². The number of amides is 2. The van der Waals surface area contributed by atoms with Gasteiger partial charge in [0.1, 0.15) is 17.0 Å². The van der Waals surface area contributed by atoms with Crippen molar-refractivity contribution in [3.63, 3.8) is 0 Å². The minimum Gasteiger partial charge on any atom is -0.467 e. The van der Waals surface area contributed by atoms with Crippen LogP contribution in [0.4, 0.5) is 5.69 Å². The van der Waals surface area contributed by atoms with E-state index in [-0.39, 0.29) is 40.7 Å². The molecule has 0 radical (unpaired) electrons. The van der Waals surface area contributed by atoms with Crippen molar-refractivity contribution < 1.29 is 23.9 Å². The molecule has 2 N–H and O–H groups in total. The van der Waals surface area contributed by atoms with E-state index < -0.39 is 23.3 Å². The average Bonchev–Trinajstić information content (AvgIpc) is 2.78. The number of methoxy groups -OCH3 is 1. The van der Waals surface area contributed by atoms with Crippen molar-refractivity contribution in [3.05, 3.63) is 58.9 Å². The second-order valence-electron chi connectivity index (χ2n) is 9.05. The molecule has 3 atom stereocenters. The first-order valence-electron chi connectivity index (χ1n) is 10.9. The third-order valence-corrected chi connectivity index (χ3v) is 6.83. The molecule has 0 bridgehead atoms. The fourth-order valence-corrected chi connectivity index (χ4v) is 4.59. The molecule has 1 aliphatic rings. The molecule has 0 spiro atoms. The van der Waals surface area contributed by atoms with Gasteiger partial charge in [-0.05, 0) is 48.6 Å². The highest BCUT2D eigenvalue weighted by atomic mass is 35.5. The number of Topliss-reactive ketones (excluding diaryl/α,β-unsaturated/α-hetero) is 1. The number of ketones is 1. The Morgan fingerprint density at radius 3 is 2.38 bits per heavy atom. The van der Waals surface area contributed by atoms with Crippen molar-refractivity contribution in [3.8, 4) is 0 Å². The number of pyridine rings is 1. The van der Waals surface area contributed by atoms with E-state index in [1.807, 2.05) is 13.8 Å². The van der Waals surface area contributed by atoms with Crippen LogP contribution in [0, 0.1) is 17.3 Å². The number of nitrogens with one attached hydrogen (secondary N) is 2. The summed E-state index contributed by atoms with van der Waals surface area (Å²) in [5.41, 5.74) is 1.10. The topological polar surface area (TPSA) is 114 Å². The first kappa shape index (κ1) is 25.4. The molecule has 2 amide bonds. The summed E-state index contributed by atoms with van der Waals surface area (Å²) in [6.45, 7) is 5.33. The molecule has 1 aromatic heterocycles. The molecule has 8 nitrogen and oxygen atoms in total. The maximum atomic E-state index is 12.9. The predicted molar refractivity (Wildman–Crippen MR) is 127 cm³/mol. The lowest BCUT2D eigenvalue weighted by molar-refractivity contribution is -0.153. The minimum atomic E-state index is -0.876. The molecule has 2 aromatic rings. The summed E-state index contributed by atoms with van der Waals surface area (Å²) in [4.78, 5) is 53.3. The fraction of sp³-hybridized carbons (Fsp3) is 0.400. The molecule has 34 heavy (non-hydrogen) atoms. The smallest absolute Gasteiger partial charge is 0.328 e. The van der Waals surface area contributed by atoms with Gasteiger partial charge in [-0.25, -0.2) is 9.78 Å². The Morgan fingerprint density at radius 2 is 1.82 bits per heavy atom. The number of esters is 1. The quantitative estimate of drug-likeness (QED) is 0.437. The lowest BCUT2D eigenvalue weighted by atomic mass is 9.53. The molecule has 0 aliphatic heterocycles. The molecular formula is C25H28ClN3O5. The molecule has 1 aliphatic carbocycles. The van der Waals surface area contributed by atoms with Gasteiger partial charge in [-0.1, -0.05) is 37.6 Å². The largest absolute Gasteiger partial charge is 0.467 e. The molecule has 1 heterocycles. The molecule has 3 rings (SSSR count). The number of carbonyl (C=O) groups is 4.